The fourth-order valence-electron chi connectivity index (χ4n) is 3.55. The van der Waals surface area contributed by atoms with Crippen LogP contribution in [-0.4, -0.2) is 69.5 Å². The number of carbonyl (C=O) groups is 1. The van der Waals surface area contributed by atoms with E-state index in [0.717, 1.165) is 51.5 Å². The molecule has 1 amide bonds. The number of ether oxygens (including phenoxy) is 1. The fourth-order valence-corrected chi connectivity index (χ4v) is 3.55. The molecule has 8 nitrogen and oxygen atoms in total. The minimum atomic E-state index is -0.0789. The summed E-state index contributed by atoms with van der Waals surface area (Å²) in [5, 5.41) is 8.30. The maximum atomic E-state index is 13.1. The standard InChI is InChI=1S/C17H23N5O3/c1-13-10-16(19-25-13)17(23)21-12-15-2-4-18-22(15)5-3-14(21)11-20-6-8-24-9-7-20/h2,4,10,14H,3,5-9,11-12H2,1H3/t14-/m1/s1. The molecule has 4 rings (SSSR count). The third kappa shape index (κ3) is 3.45. The van der Waals surface area contributed by atoms with Gasteiger partial charge in [-0.25, -0.2) is 0 Å². The second-order valence-corrected chi connectivity index (χ2v) is 6.66. The molecule has 25 heavy (non-hydrogen) atoms. The molecule has 1 atom stereocenters. The summed E-state index contributed by atoms with van der Waals surface area (Å²) in [5.41, 5.74) is 1.43. The average molecular weight is 345 g/mol. The van der Waals surface area contributed by atoms with Crippen molar-refractivity contribution in [3.8, 4) is 0 Å². The highest BCUT2D eigenvalue weighted by Crippen LogP contribution is 2.21. The van der Waals surface area contributed by atoms with Crippen molar-refractivity contribution < 1.29 is 14.1 Å². The van der Waals surface area contributed by atoms with Crippen LogP contribution in [0.4, 0.5) is 0 Å². The van der Waals surface area contributed by atoms with Gasteiger partial charge in [-0.15, -0.1) is 0 Å². The Bertz CT molecular complexity index is 734. The molecule has 0 aliphatic carbocycles. The van der Waals surface area contributed by atoms with Crippen LogP contribution in [-0.2, 0) is 17.8 Å². The second-order valence-electron chi connectivity index (χ2n) is 6.66. The van der Waals surface area contributed by atoms with E-state index in [1.54, 1.807) is 19.2 Å². The fraction of sp³-hybridized carbons (Fsp3) is 0.588. The normalized spacial score (nSPS) is 21.8. The zero-order valence-electron chi connectivity index (χ0n) is 14.4. The van der Waals surface area contributed by atoms with Gasteiger partial charge >= 0.3 is 0 Å². The largest absolute Gasteiger partial charge is 0.379 e. The van der Waals surface area contributed by atoms with Crippen molar-refractivity contribution in [1.82, 2.24) is 24.7 Å². The number of carbonyl (C=O) groups excluding carboxylic acids is 1. The van der Waals surface area contributed by atoms with Crippen LogP contribution >= 0.6 is 0 Å². The minimum absolute atomic E-state index is 0.0789. The SMILES string of the molecule is Cc1cc(C(=O)N2Cc3ccnn3CC[C@@H]2CN2CCOCC2)no1. The number of nitrogens with zero attached hydrogens (tertiary/aromatic N) is 5. The van der Waals surface area contributed by atoms with Crippen LogP contribution < -0.4 is 0 Å². The minimum Gasteiger partial charge on any atom is -0.379 e. The van der Waals surface area contributed by atoms with Crippen molar-refractivity contribution in [2.45, 2.75) is 32.5 Å². The Morgan fingerprint density at radius 2 is 2.16 bits per heavy atom. The van der Waals surface area contributed by atoms with Crippen LogP contribution in [0.15, 0.2) is 22.9 Å². The maximum Gasteiger partial charge on any atom is 0.276 e. The van der Waals surface area contributed by atoms with Gasteiger partial charge in [-0.2, -0.15) is 5.10 Å². The Morgan fingerprint density at radius 1 is 1.32 bits per heavy atom. The van der Waals surface area contributed by atoms with Crippen molar-refractivity contribution >= 4 is 5.91 Å². The van der Waals surface area contributed by atoms with Gasteiger partial charge in [0.25, 0.3) is 5.91 Å². The van der Waals surface area contributed by atoms with E-state index in [4.69, 9.17) is 9.26 Å². The molecule has 0 N–H and O–H groups in total. The summed E-state index contributed by atoms with van der Waals surface area (Å²) in [6.07, 6.45) is 2.66. The van der Waals surface area contributed by atoms with E-state index in [1.165, 1.54) is 0 Å². The highest BCUT2D eigenvalue weighted by molar-refractivity contribution is 5.92. The van der Waals surface area contributed by atoms with Gasteiger partial charge in [0, 0.05) is 44.5 Å². The van der Waals surface area contributed by atoms with Crippen molar-refractivity contribution in [2.75, 3.05) is 32.8 Å². The van der Waals surface area contributed by atoms with Crippen LogP contribution in [0.3, 0.4) is 0 Å². The third-order valence-electron chi connectivity index (χ3n) is 4.93. The summed E-state index contributed by atoms with van der Waals surface area (Å²) in [6.45, 7) is 7.33. The van der Waals surface area contributed by atoms with Gasteiger partial charge in [0.2, 0.25) is 0 Å². The molecular formula is C17H23N5O3. The molecule has 4 heterocycles. The van der Waals surface area contributed by atoms with Gasteiger partial charge in [0.05, 0.1) is 25.5 Å². The number of hydrogen-bond acceptors (Lipinski definition) is 6. The van der Waals surface area contributed by atoms with Crippen molar-refractivity contribution in [3.63, 3.8) is 0 Å². The van der Waals surface area contributed by atoms with Gasteiger partial charge in [-0.3, -0.25) is 14.4 Å². The molecule has 0 unspecified atom stereocenters. The molecule has 0 radical (unpaired) electrons. The average Bonchev–Trinajstić information content (AvgIpc) is 3.22. The summed E-state index contributed by atoms with van der Waals surface area (Å²) in [7, 11) is 0. The molecule has 0 bridgehead atoms. The number of fused-ring (bicyclic) bond motifs is 1. The number of rotatable bonds is 3. The summed E-state index contributed by atoms with van der Waals surface area (Å²) in [6, 6.07) is 3.80. The van der Waals surface area contributed by atoms with Gasteiger partial charge in [0.15, 0.2) is 5.69 Å². The Labute approximate surface area is 146 Å². The molecular weight excluding hydrogens is 322 g/mol. The van der Waals surface area contributed by atoms with Crippen molar-refractivity contribution in [3.05, 3.63) is 35.5 Å². The zero-order chi connectivity index (χ0) is 17.2. The number of aromatic nitrogens is 3. The number of morpholine rings is 1. The molecule has 2 aliphatic rings. The first-order valence-electron chi connectivity index (χ1n) is 8.76. The van der Waals surface area contributed by atoms with Crippen LogP contribution in [0.1, 0.15) is 28.4 Å². The summed E-state index contributed by atoms with van der Waals surface area (Å²) in [4.78, 5) is 17.4. The molecule has 0 aromatic carbocycles. The van der Waals surface area contributed by atoms with Gasteiger partial charge < -0.3 is 14.2 Å². The third-order valence-corrected chi connectivity index (χ3v) is 4.93. The Morgan fingerprint density at radius 3 is 2.92 bits per heavy atom. The molecule has 2 aromatic rings. The second kappa shape index (κ2) is 6.97. The molecule has 2 aromatic heterocycles. The van der Waals surface area contributed by atoms with E-state index >= 15 is 0 Å². The van der Waals surface area contributed by atoms with Gasteiger partial charge in [-0.05, 0) is 19.4 Å². The lowest BCUT2D eigenvalue weighted by Crippen LogP contribution is -2.49. The Kier molecular flexibility index (Phi) is 4.54. The number of aryl methyl sites for hydroxylation is 2. The van der Waals surface area contributed by atoms with Gasteiger partial charge in [0.1, 0.15) is 5.76 Å². The Hall–Kier alpha value is -2.19. The predicted molar refractivity (Wildman–Crippen MR) is 89.0 cm³/mol. The first-order chi connectivity index (χ1) is 12.2. The first kappa shape index (κ1) is 16.3. The molecule has 1 saturated heterocycles. The van der Waals surface area contributed by atoms with E-state index in [1.807, 2.05) is 15.6 Å². The van der Waals surface area contributed by atoms with E-state index in [9.17, 15) is 4.79 Å². The highest BCUT2D eigenvalue weighted by Gasteiger charge is 2.31. The predicted octanol–water partition coefficient (Wildman–Crippen LogP) is 0.926. The molecule has 2 aliphatic heterocycles. The van der Waals surface area contributed by atoms with E-state index in [0.29, 0.717) is 18.0 Å². The van der Waals surface area contributed by atoms with Crippen molar-refractivity contribution in [2.24, 2.45) is 0 Å². The molecule has 0 saturated carbocycles. The maximum absolute atomic E-state index is 13.1. The number of hydrogen-bond donors (Lipinski definition) is 0. The summed E-state index contributed by atoms with van der Waals surface area (Å²) in [5.74, 6) is 0.567. The van der Waals surface area contributed by atoms with Crippen molar-refractivity contribution in [1.29, 1.82) is 0 Å². The number of amides is 1. The lowest BCUT2D eigenvalue weighted by atomic mass is 10.1. The van der Waals surface area contributed by atoms with Gasteiger partial charge in [-0.1, -0.05) is 5.16 Å². The van der Waals surface area contributed by atoms with Crippen LogP contribution in [0, 0.1) is 6.92 Å². The molecule has 134 valence electrons. The smallest absolute Gasteiger partial charge is 0.276 e. The molecule has 8 heteroatoms. The lowest BCUT2D eigenvalue weighted by molar-refractivity contribution is 0.0200. The van der Waals surface area contributed by atoms with Crippen LogP contribution in [0.5, 0.6) is 0 Å². The monoisotopic (exact) mass is 345 g/mol. The van der Waals surface area contributed by atoms with E-state index in [2.05, 4.69) is 15.2 Å². The first-order valence-corrected chi connectivity index (χ1v) is 8.76. The summed E-state index contributed by atoms with van der Waals surface area (Å²) < 4.78 is 12.5. The lowest BCUT2D eigenvalue weighted by Gasteiger charge is -2.35. The van der Waals surface area contributed by atoms with E-state index in [-0.39, 0.29) is 11.9 Å². The Balaban J connectivity index is 1.58. The topological polar surface area (TPSA) is 76.6 Å². The van der Waals surface area contributed by atoms with E-state index < -0.39 is 0 Å². The zero-order valence-corrected chi connectivity index (χ0v) is 14.4. The summed E-state index contributed by atoms with van der Waals surface area (Å²) >= 11 is 0. The highest BCUT2D eigenvalue weighted by atomic mass is 16.5. The quantitative estimate of drug-likeness (QED) is 0.824. The molecule has 1 fully saturated rings. The van der Waals surface area contributed by atoms with Crippen LogP contribution in [0.2, 0.25) is 0 Å². The van der Waals surface area contributed by atoms with Crippen LogP contribution in [0.25, 0.3) is 0 Å². The molecule has 0 spiro atoms.